The zero-order chi connectivity index (χ0) is 10.6. The van der Waals surface area contributed by atoms with Crippen LogP contribution < -0.4 is 0 Å². The van der Waals surface area contributed by atoms with Gasteiger partial charge in [-0.15, -0.1) is 0 Å². The second-order valence-electron chi connectivity index (χ2n) is 2.95. The van der Waals surface area contributed by atoms with E-state index in [0.717, 1.165) is 0 Å². The van der Waals surface area contributed by atoms with E-state index in [0.29, 0.717) is 4.90 Å². The Kier molecular flexibility index (Phi) is 3.41. The molecule has 0 heterocycles. The summed E-state index contributed by atoms with van der Waals surface area (Å²) < 4.78 is 15.7. The van der Waals surface area contributed by atoms with Gasteiger partial charge in [0, 0.05) is 17.6 Å². The summed E-state index contributed by atoms with van der Waals surface area (Å²) in [6.07, 6.45) is 1.77. The summed E-state index contributed by atoms with van der Waals surface area (Å²) in [6.45, 7) is 1.70. The Labute approximate surface area is 84.3 Å². The Bertz CT molecular complexity index is 431. The molecular formula is C10H13NO2S. The predicted molar refractivity (Wildman–Crippen MR) is 56.5 cm³/mol. The van der Waals surface area contributed by atoms with E-state index in [1.165, 1.54) is 6.26 Å². The number of carbonyl (C=O) groups excluding carboxylic acids is 1. The molecule has 4 heteroatoms. The maximum atomic E-state index is 12.0. The monoisotopic (exact) mass is 211 g/mol. The van der Waals surface area contributed by atoms with E-state index in [2.05, 4.69) is 4.36 Å². The minimum Gasteiger partial charge on any atom is -0.272 e. The maximum absolute atomic E-state index is 12.0. The highest BCUT2D eigenvalue weighted by molar-refractivity contribution is 7.93. The summed E-state index contributed by atoms with van der Waals surface area (Å²) in [5.74, 6) is -0.318. The first-order chi connectivity index (χ1) is 6.56. The van der Waals surface area contributed by atoms with Crippen LogP contribution in [0, 0.1) is 0 Å². The van der Waals surface area contributed by atoms with Gasteiger partial charge in [0.05, 0.1) is 9.73 Å². The smallest absolute Gasteiger partial charge is 0.253 e. The van der Waals surface area contributed by atoms with Crippen molar-refractivity contribution in [1.82, 2.24) is 0 Å². The van der Waals surface area contributed by atoms with Gasteiger partial charge in [0.2, 0.25) is 0 Å². The molecule has 0 saturated heterocycles. The summed E-state index contributed by atoms with van der Waals surface area (Å²) in [5, 5.41) is 0. The molecule has 1 aromatic rings. The zero-order valence-corrected chi connectivity index (χ0v) is 9.08. The molecule has 14 heavy (non-hydrogen) atoms. The summed E-state index contributed by atoms with van der Waals surface area (Å²) in [6, 6.07) is 8.83. The Hall–Kier alpha value is -1.16. The first-order valence-corrected chi connectivity index (χ1v) is 6.28. The molecule has 0 aliphatic rings. The van der Waals surface area contributed by atoms with Gasteiger partial charge in [-0.25, -0.2) is 4.21 Å². The van der Waals surface area contributed by atoms with E-state index < -0.39 is 9.73 Å². The Morgan fingerprint density at radius 2 is 1.93 bits per heavy atom. The lowest BCUT2D eigenvalue weighted by Gasteiger charge is -2.02. The van der Waals surface area contributed by atoms with E-state index >= 15 is 0 Å². The van der Waals surface area contributed by atoms with Crippen molar-refractivity contribution in [1.29, 1.82) is 0 Å². The molecule has 0 radical (unpaired) electrons. The molecule has 0 aliphatic heterocycles. The SMILES string of the molecule is CCC(=O)N=S(C)(=O)c1ccccc1. The van der Waals surface area contributed by atoms with Gasteiger partial charge in [0.1, 0.15) is 0 Å². The lowest BCUT2D eigenvalue weighted by Crippen LogP contribution is -2.01. The predicted octanol–water partition coefficient (Wildman–Crippen LogP) is 2.08. The highest BCUT2D eigenvalue weighted by Crippen LogP contribution is 2.10. The fourth-order valence-corrected chi connectivity index (χ4v) is 2.27. The second kappa shape index (κ2) is 4.37. The number of benzene rings is 1. The van der Waals surface area contributed by atoms with Gasteiger partial charge in [0.15, 0.2) is 0 Å². The number of hydrogen-bond acceptors (Lipinski definition) is 2. The maximum Gasteiger partial charge on any atom is 0.253 e. The van der Waals surface area contributed by atoms with Gasteiger partial charge in [-0.1, -0.05) is 25.1 Å². The lowest BCUT2D eigenvalue weighted by atomic mass is 10.4. The van der Waals surface area contributed by atoms with Crippen molar-refractivity contribution in [3.63, 3.8) is 0 Å². The highest BCUT2D eigenvalue weighted by atomic mass is 32.2. The molecule has 1 rings (SSSR count). The summed E-state index contributed by atoms with van der Waals surface area (Å²) in [7, 11) is -2.55. The van der Waals surface area contributed by atoms with Gasteiger partial charge < -0.3 is 0 Å². The van der Waals surface area contributed by atoms with Gasteiger partial charge >= 0.3 is 0 Å². The third-order valence-corrected chi connectivity index (χ3v) is 3.46. The fraction of sp³-hybridized carbons (Fsp3) is 0.300. The molecule has 1 amide bonds. The molecule has 0 aliphatic carbocycles. The number of nitrogens with zero attached hydrogens (tertiary/aromatic N) is 1. The number of amides is 1. The van der Waals surface area contributed by atoms with Crippen molar-refractivity contribution in [3.05, 3.63) is 30.3 Å². The highest BCUT2D eigenvalue weighted by Gasteiger charge is 2.06. The van der Waals surface area contributed by atoms with Crippen LogP contribution in [-0.2, 0) is 14.5 Å². The quantitative estimate of drug-likeness (QED) is 0.751. The van der Waals surface area contributed by atoms with Crippen molar-refractivity contribution < 1.29 is 9.00 Å². The van der Waals surface area contributed by atoms with Crippen molar-refractivity contribution in [3.8, 4) is 0 Å². The molecule has 0 aromatic heterocycles. The molecule has 0 fully saturated rings. The number of hydrogen-bond donors (Lipinski definition) is 0. The summed E-state index contributed by atoms with van der Waals surface area (Å²) in [5.41, 5.74) is 0. The summed E-state index contributed by atoms with van der Waals surface area (Å²) >= 11 is 0. The van der Waals surface area contributed by atoms with Gasteiger partial charge in [0.25, 0.3) is 5.91 Å². The van der Waals surface area contributed by atoms with Crippen molar-refractivity contribution in [2.75, 3.05) is 6.26 Å². The van der Waals surface area contributed by atoms with Crippen LogP contribution in [-0.4, -0.2) is 16.4 Å². The zero-order valence-electron chi connectivity index (χ0n) is 8.27. The average Bonchev–Trinajstić information content (AvgIpc) is 2.18. The molecule has 0 N–H and O–H groups in total. The molecule has 1 atom stereocenters. The van der Waals surface area contributed by atoms with E-state index in [1.54, 1.807) is 31.2 Å². The topological polar surface area (TPSA) is 46.5 Å². The standard InChI is InChI=1S/C10H13NO2S/c1-3-10(12)11-14(2,13)9-7-5-4-6-8-9/h4-8H,3H2,1-2H3. The Morgan fingerprint density at radius 1 is 1.36 bits per heavy atom. The minimum atomic E-state index is -2.55. The van der Waals surface area contributed by atoms with Crippen LogP contribution in [0.2, 0.25) is 0 Å². The van der Waals surface area contributed by atoms with Crippen LogP contribution >= 0.6 is 0 Å². The largest absolute Gasteiger partial charge is 0.272 e. The molecule has 0 saturated carbocycles. The molecule has 0 bridgehead atoms. The third kappa shape index (κ3) is 2.67. The van der Waals surface area contributed by atoms with E-state index in [-0.39, 0.29) is 12.3 Å². The molecule has 0 spiro atoms. The van der Waals surface area contributed by atoms with Crippen LogP contribution in [0.15, 0.2) is 39.6 Å². The molecule has 3 nitrogen and oxygen atoms in total. The van der Waals surface area contributed by atoms with Crippen LogP contribution in [0.25, 0.3) is 0 Å². The molecule has 1 aromatic carbocycles. The molecule has 1 unspecified atom stereocenters. The number of carbonyl (C=O) groups is 1. The molecular weight excluding hydrogens is 198 g/mol. The van der Waals surface area contributed by atoms with Gasteiger partial charge in [-0.3, -0.25) is 4.79 Å². The van der Waals surface area contributed by atoms with Crippen molar-refractivity contribution >= 4 is 15.6 Å². The minimum absolute atomic E-state index is 0.289. The van der Waals surface area contributed by atoms with Crippen molar-refractivity contribution in [2.24, 2.45) is 4.36 Å². The third-order valence-electron chi connectivity index (χ3n) is 1.76. The first kappa shape index (κ1) is 10.9. The first-order valence-electron chi connectivity index (χ1n) is 4.36. The fourth-order valence-electron chi connectivity index (χ4n) is 0.985. The lowest BCUT2D eigenvalue weighted by molar-refractivity contribution is -0.117. The number of rotatable bonds is 2. The van der Waals surface area contributed by atoms with E-state index in [9.17, 15) is 9.00 Å². The van der Waals surface area contributed by atoms with Crippen LogP contribution in [0.4, 0.5) is 0 Å². The van der Waals surface area contributed by atoms with Crippen LogP contribution in [0.5, 0.6) is 0 Å². The van der Waals surface area contributed by atoms with Crippen LogP contribution in [0.3, 0.4) is 0 Å². The van der Waals surface area contributed by atoms with Gasteiger partial charge in [-0.2, -0.15) is 4.36 Å². The molecule has 76 valence electrons. The van der Waals surface area contributed by atoms with Crippen molar-refractivity contribution in [2.45, 2.75) is 18.2 Å². The van der Waals surface area contributed by atoms with Gasteiger partial charge in [-0.05, 0) is 12.1 Å². The van der Waals surface area contributed by atoms with E-state index in [1.807, 2.05) is 6.07 Å². The van der Waals surface area contributed by atoms with E-state index in [4.69, 9.17) is 0 Å². The second-order valence-corrected chi connectivity index (χ2v) is 5.21. The normalized spacial score (nSPS) is 14.4. The average molecular weight is 211 g/mol. The Morgan fingerprint density at radius 3 is 2.43 bits per heavy atom. The Balaban J connectivity index is 3.15. The van der Waals surface area contributed by atoms with Crippen LogP contribution in [0.1, 0.15) is 13.3 Å². The summed E-state index contributed by atoms with van der Waals surface area (Å²) in [4.78, 5) is 11.7.